The summed E-state index contributed by atoms with van der Waals surface area (Å²) in [6, 6.07) is 1.92. The Balaban J connectivity index is 2.15. The molecule has 1 aliphatic carbocycles. The molecule has 1 fully saturated rings. The second-order valence-electron chi connectivity index (χ2n) is 3.84. The molecule has 0 bridgehead atoms. The molecule has 0 amide bonds. The lowest BCUT2D eigenvalue weighted by molar-refractivity contribution is 0.0791. The van der Waals surface area contributed by atoms with Gasteiger partial charge in [-0.25, -0.2) is 13.8 Å². The topological polar surface area (TPSA) is 34.2 Å². The number of hydrogen-bond donors (Lipinski definition) is 1. The second-order valence-corrected chi connectivity index (χ2v) is 3.84. The van der Waals surface area contributed by atoms with Gasteiger partial charge in [0.2, 0.25) is 5.88 Å². The van der Waals surface area contributed by atoms with Crippen LogP contribution in [0.3, 0.4) is 0 Å². The number of nitrogens with zero attached hydrogens (tertiary/aromatic N) is 1. The third kappa shape index (κ3) is 2.59. The molecular weight excluding hydrogens is 214 g/mol. The lowest BCUT2D eigenvalue weighted by atomic mass is 10.1. The molecule has 0 radical (unpaired) electrons. The van der Waals surface area contributed by atoms with Crippen molar-refractivity contribution in [2.45, 2.75) is 25.2 Å². The molecule has 0 aromatic carbocycles. The minimum atomic E-state index is -2.46. The predicted octanol–water partition coefficient (Wildman–Crippen LogP) is 2.64. The van der Waals surface area contributed by atoms with Gasteiger partial charge in [0.1, 0.15) is 0 Å². The smallest absolute Gasteiger partial charge is 0.272 e. The van der Waals surface area contributed by atoms with Crippen molar-refractivity contribution in [3.05, 3.63) is 17.8 Å². The van der Waals surface area contributed by atoms with E-state index in [2.05, 4.69) is 10.3 Å². The third-order valence-electron chi connectivity index (χ3n) is 2.53. The predicted molar refractivity (Wildman–Crippen MR) is 57.3 cm³/mol. The summed E-state index contributed by atoms with van der Waals surface area (Å²) in [5.74, 6) is 0.773. The number of anilines is 1. The first-order chi connectivity index (χ1) is 7.70. The van der Waals surface area contributed by atoms with Gasteiger partial charge >= 0.3 is 0 Å². The van der Waals surface area contributed by atoms with E-state index in [4.69, 9.17) is 4.74 Å². The van der Waals surface area contributed by atoms with E-state index in [1.165, 1.54) is 0 Å². The molecule has 0 atom stereocenters. The van der Waals surface area contributed by atoms with Gasteiger partial charge in [-0.05, 0) is 24.8 Å². The van der Waals surface area contributed by atoms with Gasteiger partial charge in [-0.3, -0.25) is 0 Å². The van der Waals surface area contributed by atoms with Gasteiger partial charge in [0.05, 0.1) is 11.9 Å². The molecule has 88 valence electrons. The molecule has 1 saturated carbocycles. The van der Waals surface area contributed by atoms with Crippen LogP contribution in [0, 0.1) is 0 Å². The van der Waals surface area contributed by atoms with Crippen LogP contribution in [0.5, 0.6) is 5.88 Å². The number of ether oxygens (including phenoxy) is 1. The van der Waals surface area contributed by atoms with Crippen molar-refractivity contribution in [1.29, 1.82) is 0 Å². The Kier molecular flexibility index (Phi) is 3.22. The molecule has 0 saturated heterocycles. The lowest BCUT2D eigenvalue weighted by Gasteiger charge is -2.11. The van der Waals surface area contributed by atoms with Crippen LogP contribution in [0.1, 0.15) is 24.3 Å². The van der Waals surface area contributed by atoms with Crippen molar-refractivity contribution >= 4 is 5.69 Å². The maximum Gasteiger partial charge on any atom is 0.272 e. The van der Waals surface area contributed by atoms with E-state index in [9.17, 15) is 8.78 Å². The van der Waals surface area contributed by atoms with Gasteiger partial charge in [0, 0.05) is 12.6 Å². The Hall–Kier alpha value is -1.39. The van der Waals surface area contributed by atoms with Gasteiger partial charge in [-0.2, -0.15) is 0 Å². The summed E-state index contributed by atoms with van der Waals surface area (Å²) in [5, 5.41) is 2.98. The molecule has 16 heavy (non-hydrogen) atoms. The second kappa shape index (κ2) is 4.63. The Morgan fingerprint density at radius 2 is 2.31 bits per heavy atom. The minimum Gasteiger partial charge on any atom is -0.471 e. The van der Waals surface area contributed by atoms with Crippen molar-refractivity contribution in [2.24, 2.45) is 0 Å². The van der Waals surface area contributed by atoms with Crippen molar-refractivity contribution < 1.29 is 13.5 Å². The van der Waals surface area contributed by atoms with Crippen LogP contribution in [0.4, 0.5) is 14.5 Å². The van der Waals surface area contributed by atoms with Gasteiger partial charge in [0.15, 0.2) is 6.61 Å². The van der Waals surface area contributed by atoms with E-state index in [0.717, 1.165) is 24.1 Å². The average Bonchev–Trinajstić information content (AvgIpc) is 3.10. The van der Waals surface area contributed by atoms with Gasteiger partial charge in [-0.1, -0.05) is 0 Å². The summed E-state index contributed by atoms with van der Waals surface area (Å²) in [6.07, 6.45) is 1.30. The van der Waals surface area contributed by atoms with Crippen molar-refractivity contribution in [3.8, 4) is 5.88 Å². The first kappa shape index (κ1) is 11.1. The fourth-order valence-corrected chi connectivity index (χ4v) is 1.56. The number of nitrogens with one attached hydrogen (secondary N) is 1. The fourth-order valence-electron chi connectivity index (χ4n) is 1.56. The summed E-state index contributed by atoms with van der Waals surface area (Å²) < 4.78 is 29.1. The molecule has 1 aromatic rings. The molecule has 1 aromatic heterocycles. The fraction of sp³-hybridized carbons (Fsp3) is 0.545. The highest BCUT2D eigenvalue weighted by molar-refractivity contribution is 5.48. The van der Waals surface area contributed by atoms with Gasteiger partial charge in [0.25, 0.3) is 6.43 Å². The van der Waals surface area contributed by atoms with Crippen LogP contribution in [-0.4, -0.2) is 25.1 Å². The zero-order valence-electron chi connectivity index (χ0n) is 9.04. The van der Waals surface area contributed by atoms with E-state index < -0.39 is 13.0 Å². The maximum absolute atomic E-state index is 12.0. The number of alkyl halides is 2. The van der Waals surface area contributed by atoms with E-state index in [-0.39, 0.29) is 0 Å². The number of aromatic nitrogens is 1. The minimum absolute atomic E-state index is 0.349. The highest BCUT2D eigenvalue weighted by atomic mass is 19.3. The quantitative estimate of drug-likeness (QED) is 0.841. The summed E-state index contributed by atoms with van der Waals surface area (Å²) in [5.41, 5.74) is 1.82. The first-order valence-corrected chi connectivity index (χ1v) is 5.29. The van der Waals surface area contributed by atoms with Crippen molar-refractivity contribution in [1.82, 2.24) is 4.98 Å². The monoisotopic (exact) mass is 228 g/mol. The molecule has 1 N–H and O–H groups in total. The molecule has 0 spiro atoms. The van der Waals surface area contributed by atoms with Gasteiger partial charge < -0.3 is 10.1 Å². The maximum atomic E-state index is 12.0. The molecule has 2 rings (SSSR count). The Morgan fingerprint density at radius 1 is 1.56 bits per heavy atom. The largest absolute Gasteiger partial charge is 0.471 e. The summed E-state index contributed by atoms with van der Waals surface area (Å²) in [6.45, 7) is -0.592. The molecule has 5 heteroatoms. The standard InChI is InChI=1S/C11H14F2N2O/c1-14-8-4-9(7-2-3-7)11(15-5-8)16-6-10(12)13/h4-5,7,10,14H,2-3,6H2,1H3. The highest BCUT2D eigenvalue weighted by Crippen LogP contribution is 2.44. The number of rotatable bonds is 5. The van der Waals surface area contributed by atoms with Crippen molar-refractivity contribution in [3.63, 3.8) is 0 Å². The van der Waals surface area contributed by atoms with E-state index in [1.807, 2.05) is 6.07 Å². The zero-order chi connectivity index (χ0) is 11.5. The van der Waals surface area contributed by atoms with Crippen LogP contribution < -0.4 is 10.1 Å². The van der Waals surface area contributed by atoms with E-state index in [0.29, 0.717) is 11.8 Å². The lowest BCUT2D eigenvalue weighted by Crippen LogP contribution is -2.09. The Bertz CT molecular complexity index is 367. The molecule has 0 aliphatic heterocycles. The average molecular weight is 228 g/mol. The van der Waals surface area contributed by atoms with Crippen LogP contribution in [0.15, 0.2) is 12.3 Å². The molecule has 1 heterocycles. The third-order valence-corrected chi connectivity index (χ3v) is 2.53. The molecule has 0 unspecified atom stereocenters. The van der Waals surface area contributed by atoms with Gasteiger partial charge in [-0.15, -0.1) is 0 Å². The number of hydrogen-bond acceptors (Lipinski definition) is 3. The number of halogens is 2. The Labute approximate surface area is 92.8 Å². The highest BCUT2D eigenvalue weighted by Gasteiger charge is 2.28. The van der Waals surface area contributed by atoms with Crippen LogP contribution in [-0.2, 0) is 0 Å². The van der Waals surface area contributed by atoms with Crippen LogP contribution in [0.25, 0.3) is 0 Å². The summed E-state index contributed by atoms with van der Waals surface area (Å²) >= 11 is 0. The molecular formula is C11H14F2N2O. The zero-order valence-corrected chi connectivity index (χ0v) is 9.04. The normalized spacial score (nSPS) is 15.2. The summed E-state index contributed by atoms with van der Waals surface area (Å²) in [4.78, 5) is 4.06. The number of pyridine rings is 1. The van der Waals surface area contributed by atoms with Crippen LogP contribution >= 0.6 is 0 Å². The summed E-state index contributed by atoms with van der Waals surface area (Å²) in [7, 11) is 1.80. The Morgan fingerprint density at radius 3 is 2.88 bits per heavy atom. The molecule has 3 nitrogen and oxygen atoms in total. The van der Waals surface area contributed by atoms with E-state index >= 15 is 0 Å². The first-order valence-electron chi connectivity index (χ1n) is 5.29. The SMILES string of the molecule is CNc1cnc(OCC(F)F)c(C2CC2)c1. The van der Waals surface area contributed by atoms with Crippen LogP contribution in [0.2, 0.25) is 0 Å². The molecule has 1 aliphatic rings. The van der Waals surface area contributed by atoms with Crippen molar-refractivity contribution in [2.75, 3.05) is 19.0 Å². The van der Waals surface area contributed by atoms with E-state index in [1.54, 1.807) is 13.2 Å².